The summed E-state index contributed by atoms with van der Waals surface area (Å²) in [5.74, 6) is 1.56. The highest BCUT2D eigenvalue weighted by Crippen LogP contribution is 2.37. The Hall–Kier alpha value is -2.50. The molecule has 0 aromatic carbocycles. The summed E-state index contributed by atoms with van der Waals surface area (Å²) >= 11 is 0. The van der Waals surface area contributed by atoms with Crippen LogP contribution in [0.1, 0.15) is 19.0 Å². The van der Waals surface area contributed by atoms with E-state index in [4.69, 9.17) is 0 Å². The van der Waals surface area contributed by atoms with Crippen molar-refractivity contribution in [3.63, 3.8) is 0 Å². The normalized spacial score (nSPS) is 19.0. The third-order valence-electron chi connectivity index (χ3n) is 4.35. The van der Waals surface area contributed by atoms with Gasteiger partial charge in [0.25, 0.3) is 0 Å². The van der Waals surface area contributed by atoms with Crippen LogP contribution in [0.3, 0.4) is 0 Å². The predicted octanol–water partition coefficient (Wildman–Crippen LogP) is 1.92. The Morgan fingerprint density at radius 3 is 2.67 bits per heavy atom. The second-order valence-electron chi connectivity index (χ2n) is 6.52. The van der Waals surface area contributed by atoms with Crippen molar-refractivity contribution in [1.82, 2.24) is 20.3 Å². The Morgan fingerprint density at radius 1 is 1.33 bits per heavy atom. The van der Waals surface area contributed by atoms with Gasteiger partial charge < -0.3 is 10.2 Å². The summed E-state index contributed by atoms with van der Waals surface area (Å²) in [6.45, 7) is 2.70. The van der Waals surface area contributed by atoms with Crippen LogP contribution in [-0.4, -0.2) is 41.5 Å². The van der Waals surface area contributed by atoms with Gasteiger partial charge in [-0.15, -0.1) is 0 Å². The molecular weight excluding hydrogens is 302 g/mol. The highest BCUT2D eigenvalue weighted by Gasteiger charge is 2.38. The lowest BCUT2D eigenvalue weighted by Crippen LogP contribution is -2.28. The van der Waals surface area contributed by atoms with Crippen molar-refractivity contribution < 1.29 is 4.79 Å². The summed E-state index contributed by atoms with van der Waals surface area (Å²) in [5.41, 5.74) is 2.95. The third kappa shape index (κ3) is 3.69. The van der Waals surface area contributed by atoms with Gasteiger partial charge in [0, 0.05) is 57.1 Å². The predicted molar refractivity (Wildman–Crippen MR) is 93.6 cm³/mol. The fourth-order valence-electron chi connectivity index (χ4n) is 2.71. The number of amides is 1. The molecule has 2 aromatic rings. The minimum absolute atomic E-state index is 0.162. The molecule has 1 amide bonds. The molecule has 6 nitrogen and oxygen atoms in total. The highest BCUT2D eigenvalue weighted by molar-refractivity contribution is 5.81. The maximum absolute atomic E-state index is 12.0. The fourth-order valence-corrected chi connectivity index (χ4v) is 2.71. The van der Waals surface area contributed by atoms with Crippen molar-refractivity contribution in [3.05, 3.63) is 36.4 Å². The Morgan fingerprint density at radius 2 is 2.04 bits per heavy atom. The molecule has 3 rings (SSSR count). The first-order valence-electron chi connectivity index (χ1n) is 8.27. The summed E-state index contributed by atoms with van der Waals surface area (Å²) < 4.78 is 0. The summed E-state index contributed by atoms with van der Waals surface area (Å²) in [4.78, 5) is 27.0. The van der Waals surface area contributed by atoms with E-state index in [-0.39, 0.29) is 11.8 Å². The van der Waals surface area contributed by atoms with E-state index in [1.165, 1.54) is 0 Å². The van der Waals surface area contributed by atoms with Crippen LogP contribution in [0, 0.1) is 11.8 Å². The molecule has 1 aliphatic carbocycles. The smallest absolute Gasteiger partial charge is 0.225 e. The molecule has 24 heavy (non-hydrogen) atoms. The van der Waals surface area contributed by atoms with E-state index < -0.39 is 0 Å². The molecule has 0 spiro atoms. The van der Waals surface area contributed by atoms with Gasteiger partial charge in [0.05, 0.1) is 5.69 Å². The van der Waals surface area contributed by atoms with Crippen LogP contribution in [0.15, 0.2) is 30.7 Å². The number of carbonyl (C=O) groups is 1. The van der Waals surface area contributed by atoms with Crippen molar-refractivity contribution in [2.24, 2.45) is 11.8 Å². The van der Waals surface area contributed by atoms with E-state index in [9.17, 15) is 4.79 Å². The van der Waals surface area contributed by atoms with Crippen LogP contribution in [-0.2, 0) is 11.2 Å². The molecule has 2 heterocycles. The van der Waals surface area contributed by atoms with Gasteiger partial charge in [0.15, 0.2) is 0 Å². The Balaban J connectivity index is 1.75. The molecule has 1 saturated carbocycles. The molecule has 2 atom stereocenters. The van der Waals surface area contributed by atoms with Gasteiger partial charge in [-0.1, -0.05) is 6.92 Å². The van der Waals surface area contributed by atoms with Gasteiger partial charge in [-0.25, -0.2) is 9.97 Å². The second-order valence-corrected chi connectivity index (χ2v) is 6.52. The number of nitrogens with zero attached hydrogens (tertiary/aromatic N) is 4. The summed E-state index contributed by atoms with van der Waals surface area (Å²) in [6, 6.07) is 3.89. The van der Waals surface area contributed by atoms with Crippen LogP contribution in [0.25, 0.3) is 11.1 Å². The Bertz CT molecular complexity index is 717. The van der Waals surface area contributed by atoms with Gasteiger partial charge in [0.1, 0.15) is 0 Å². The zero-order valence-corrected chi connectivity index (χ0v) is 14.4. The Labute approximate surface area is 142 Å². The zero-order chi connectivity index (χ0) is 17.1. The van der Waals surface area contributed by atoms with Crippen LogP contribution < -0.4 is 10.2 Å². The summed E-state index contributed by atoms with van der Waals surface area (Å²) in [6.07, 6.45) is 7.04. The first-order chi connectivity index (χ1) is 11.6. The lowest BCUT2D eigenvalue weighted by molar-refractivity contribution is -0.122. The summed E-state index contributed by atoms with van der Waals surface area (Å²) in [5, 5.41) is 3.03. The number of aromatic nitrogens is 3. The average molecular weight is 325 g/mol. The standard InChI is InChI=1S/C18H23N5O/c1-12-10-14(12)17(24)20-9-6-16-15(13-4-7-19-8-5-13)11-21-18(22-16)23(2)3/h4-5,7-8,11-12,14H,6,9-10H2,1-3H3,(H,20,24). The van der Waals surface area contributed by atoms with Crippen LogP contribution in [0.5, 0.6) is 0 Å². The quantitative estimate of drug-likeness (QED) is 0.878. The van der Waals surface area contributed by atoms with E-state index in [1.807, 2.05) is 37.3 Å². The number of pyridine rings is 1. The lowest BCUT2D eigenvalue weighted by Gasteiger charge is -2.15. The topological polar surface area (TPSA) is 71.0 Å². The highest BCUT2D eigenvalue weighted by atomic mass is 16.2. The molecule has 2 aromatic heterocycles. The SMILES string of the molecule is CC1CC1C(=O)NCCc1nc(N(C)C)ncc1-c1ccncc1. The van der Waals surface area contributed by atoms with Crippen LogP contribution in [0.2, 0.25) is 0 Å². The monoisotopic (exact) mass is 325 g/mol. The van der Waals surface area contributed by atoms with Gasteiger partial charge in [-0.05, 0) is 30.0 Å². The van der Waals surface area contributed by atoms with Crippen LogP contribution in [0.4, 0.5) is 5.95 Å². The molecule has 2 unspecified atom stereocenters. The zero-order valence-electron chi connectivity index (χ0n) is 14.4. The molecule has 1 N–H and O–H groups in total. The number of hydrogen-bond acceptors (Lipinski definition) is 5. The molecular formula is C18H23N5O. The van der Waals surface area contributed by atoms with Gasteiger partial charge in [0.2, 0.25) is 11.9 Å². The van der Waals surface area contributed by atoms with Crippen molar-refractivity contribution in [3.8, 4) is 11.1 Å². The van der Waals surface area contributed by atoms with Gasteiger partial charge in [-0.3, -0.25) is 9.78 Å². The molecule has 126 valence electrons. The first-order valence-corrected chi connectivity index (χ1v) is 8.27. The molecule has 0 bridgehead atoms. The largest absolute Gasteiger partial charge is 0.355 e. The second kappa shape index (κ2) is 6.95. The Kier molecular flexibility index (Phi) is 4.74. The van der Waals surface area contributed by atoms with E-state index in [0.29, 0.717) is 24.8 Å². The minimum atomic E-state index is 0.162. The number of anilines is 1. The van der Waals surface area contributed by atoms with Crippen molar-refractivity contribution >= 4 is 11.9 Å². The van der Waals surface area contributed by atoms with E-state index in [1.54, 1.807) is 12.4 Å². The van der Waals surface area contributed by atoms with Crippen molar-refractivity contribution in [2.75, 3.05) is 25.5 Å². The molecule has 0 aliphatic heterocycles. The number of carbonyl (C=O) groups excluding carboxylic acids is 1. The van der Waals surface area contributed by atoms with E-state index in [0.717, 1.165) is 23.2 Å². The summed E-state index contributed by atoms with van der Waals surface area (Å²) in [7, 11) is 3.84. The maximum Gasteiger partial charge on any atom is 0.225 e. The van der Waals surface area contributed by atoms with Gasteiger partial charge >= 0.3 is 0 Å². The molecule has 1 aliphatic rings. The minimum Gasteiger partial charge on any atom is -0.355 e. The number of hydrogen-bond donors (Lipinski definition) is 1. The maximum atomic E-state index is 12.0. The molecule has 0 saturated heterocycles. The number of rotatable bonds is 6. The van der Waals surface area contributed by atoms with E-state index in [2.05, 4.69) is 27.2 Å². The number of nitrogens with one attached hydrogen (secondary N) is 1. The van der Waals surface area contributed by atoms with Crippen molar-refractivity contribution in [1.29, 1.82) is 0 Å². The lowest BCUT2D eigenvalue weighted by atomic mass is 10.1. The van der Waals surface area contributed by atoms with Crippen molar-refractivity contribution in [2.45, 2.75) is 19.8 Å². The first kappa shape index (κ1) is 16.4. The fraction of sp³-hybridized carbons (Fsp3) is 0.444. The molecule has 1 fully saturated rings. The molecule has 0 radical (unpaired) electrons. The third-order valence-corrected chi connectivity index (χ3v) is 4.35. The van der Waals surface area contributed by atoms with Gasteiger partial charge in [-0.2, -0.15) is 0 Å². The van der Waals surface area contributed by atoms with E-state index >= 15 is 0 Å². The van der Waals surface area contributed by atoms with Crippen LogP contribution >= 0.6 is 0 Å². The molecule has 6 heteroatoms. The average Bonchev–Trinajstić information content (AvgIpc) is 3.32.